The summed E-state index contributed by atoms with van der Waals surface area (Å²) in [6.45, 7) is 0. The van der Waals surface area contributed by atoms with Gasteiger partial charge < -0.3 is 14.4 Å². The monoisotopic (exact) mass is 271 g/mol. The average Bonchev–Trinajstić information content (AvgIpc) is 2.95. The molecule has 0 aliphatic carbocycles. The van der Waals surface area contributed by atoms with Crippen LogP contribution in [0.3, 0.4) is 0 Å². The van der Waals surface area contributed by atoms with E-state index in [1.54, 1.807) is 30.3 Å². The first kappa shape index (κ1) is 12.9. The number of fused-ring (bicyclic) bond motifs is 1. The fourth-order valence-corrected chi connectivity index (χ4v) is 2.65. The maximum Gasteiger partial charge on any atom is 0.226 e. The van der Waals surface area contributed by atoms with Crippen LogP contribution in [0.25, 0.3) is 0 Å². The Morgan fingerprint density at radius 1 is 1.30 bits per heavy atom. The molecule has 0 radical (unpaired) electrons. The standard InChI is InChI=1S/C16H17NO3/c1-17-13-8-7-12(16(19)14-5-3-9-20-14)10-11(13)4-2-6-15(17)18/h3,5,7-10,16,19H,2,4,6H2,1H3. The number of aliphatic hydroxyl groups excluding tert-OH is 1. The Kier molecular flexibility index (Phi) is 3.32. The molecular formula is C16H17NO3. The van der Waals surface area contributed by atoms with Crippen LogP contribution in [0.1, 0.15) is 35.8 Å². The second-order valence-corrected chi connectivity index (χ2v) is 5.11. The van der Waals surface area contributed by atoms with Crippen molar-refractivity contribution in [3.8, 4) is 0 Å². The van der Waals surface area contributed by atoms with Crippen molar-refractivity contribution >= 4 is 11.6 Å². The van der Waals surface area contributed by atoms with Crippen molar-refractivity contribution in [2.45, 2.75) is 25.4 Å². The summed E-state index contributed by atoms with van der Waals surface area (Å²) >= 11 is 0. The fraction of sp³-hybridized carbons (Fsp3) is 0.312. The zero-order valence-corrected chi connectivity index (χ0v) is 11.4. The molecule has 1 aliphatic rings. The van der Waals surface area contributed by atoms with Gasteiger partial charge in [-0.1, -0.05) is 12.1 Å². The molecule has 0 saturated heterocycles. The maximum absolute atomic E-state index is 11.8. The summed E-state index contributed by atoms with van der Waals surface area (Å²) in [5, 5.41) is 10.3. The van der Waals surface area contributed by atoms with E-state index in [-0.39, 0.29) is 5.91 Å². The maximum atomic E-state index is 11.8. The smallest absolute Gasteiger partial charge is 0.226 e. The van der Waals surface area contributed by atoms with E-state index in [0.717, 1.165) is 29.7 Å². The van der Waals surface area contributed by atoms with Gasteiger partial charge in [-0.3, -0.25) is 4.79 Å². The molecule has 1 aliphatic heterocycles. The second kappa shape index (κ2) is 5.13. The molecule has 2 heterocycles. The number of aryl methyl sites for hydroxylation is 1. The Hall–Kier alpha value is -2.07. The number of aliphatic hydroxyl groups is 1. The SMILES string of the molecule is CN1C(=O)CCCc2cc(C(O)c3ccco3)ccc21. The molecule has 0 saturated carbocycles. The van der Waals surface area contributed by atoms with Crippen molar-refractivity contribution in [3.05, 3.63) is 53.5 Å². The van der Waals surface area contributed by atoms with E-state index in [9.17, 15) is 9.90 Å². The highest BCUT2D eigenvalue weighted by Crippen LogP contribution is 2.30. The van der Waals surface area contributed by atoms with Crippen molar-refractivity contribution in [2.24, 2.45) is 0 Å². The van der Waals surface area contributed by atoms with Crippen molar-refractivity contribution in [2.75, 3.05) is 11.9 Å². The summed E-state index contributed by atoms with van der Waals surface area (Å²) in [7, 11) is 1.80. The van der Waals surface area contributed by atoms with Gasteiger partial charge in [-0.2, -0.15) is 0 Å². The second-order valence-electron chi connectivity index (χ2n) is 5.11. The molecule has 1 unspecified atom stereocenters. The number of carbonyl (C=O) groups is 1. The van der Waals surface area contributed by atoms with E-state index < -0.39 is 6.10 Å². The van der Waals surface area contributed by atoms with Crippen LogP contribution in [-0.4, -0.2) is 18.1 Å². The third kappa shape index (κ3) is 2.23. The summed E-state index contributed by atoms with van der Waals surface area (Å²) in [5.41, 5.74) is 2.82. The Bertz CT molecular complexity index is 619. The van der Waals surface area contributed by atoms with E-state index in [0.29, 0.717) is 12.2 Å². The molecule has 1 aromatic heterocycles. The molecule has 4 nitrogen and oxygen atoms in total. The summed E-state index contributed by atoms with van der Waals surface area (Å²) in [6.07, 6.45) is 3.05. The topological polar surface area (TPSA) is 53.7 Å². The zero-order chi connectivity index (χ0) is 14.1. The number of furan rings is 1. The lowest BCUT2D eigenvalue weighted by molar-refractivity contribution is -0.118. The molecule has 0 bridgehead atoms. The molecule has 0 spiro atoms. The molecule has 0 fully saturated rings. The van der Waals surface area contributed by atoms with Gasteiger partial charge in [-0.05, 0) is 42.2 Å². The number of carbonyl (C=O) groups excluding carboxylic acids is 1. The third-order valence-electron chi connectivity index (χ3n) is 3.80. The van der Waals surface area contributed by atoms with Gasteiger partial charge in [-0.15, -0.1) is 0 Å². The third-order valence-corrected chi connectivity index (χ3v) is 3.80. The molecular weight excluding hydrogens is 254 g/mol. The molecule has 20 heavy (non-hydrogen) atoms. The van der Waals surface area contributed by atoms with Crippen LogP contribution in [0, 0.1) is 0 Å². The van der Waals surface area contributed by atoms with Crippen molar-refractivity contribution < 1.29 is 14.3 Å². The van der Waals surface area contributed by atoms with Crippen LogP contribution in [0.15, 0.2) is 41.0 Å². The minimum absolute atomic E-state index is 0.142. The highest BCUT2D eigenvalue weighted by atomic mass is 16.4. The lowest BCUT2D eigenvalue weighted by Gasteiger charge is -2.19. The summed E-state index contributed by atoms with van der Waals surface area (Å²) < 4.78 is 5.24. The first-order valence-corrected chi connectivity index (χ1v) is 6.77. The number of hydrogen-bond acceptors (Lipinski definition) is 3. The minimum atomic E-state index is -0.764. The van der Waals surface area contributed by atoms with E-state index in [4.69, 9.17) is 4.42 Å². The summed E-state index contributed by atoms with van der Waals surface area (Å²) in [6, 6.07) is 9.24. The molecule has 1 atom stereocenters. The molecule has 104 valence electrons. The quantitative estimate of drug-likeness (QED) is 0.913. The number of amides is 1. The van der Waals surface area contributed by atoms with Crippen LogP contribution in [-0.2, 0) is 11.2 Å². The predicted molar refractivity (Wildman–Crippen MR) is 75.6 cm³/mol. The van der Waals surface area contributed by atoms with Crippen LogP contribution in [0.4, 0.5) is 5.69 Å². The summed E-state index contributed by atoms with van der Waals surface area (Å²) in [5.74, 6) is 0.672. The zero-order valence-electron chi connectivity index (χ0n) is 11.4. The number of benzene rings is 1. The van der Waals surface area contributed by atoms with Crippen LogP contribution < -0.4 is 4.90 Å². The largest absolute Gasteiger partial charge is 0.466 e. The van der Waals surface area contributed by atoms with Gasteiger partial charge >= 0.3 is 0 Å². The van der Waals surface area contributed by atoms with Gasteiger partial charge in [0.1, 0.15) is 11.9 Å². The van der Waals surface area contributed by atoms with Crippen molar-refractivity contribution in [3.63, 3.8) is 0 Å². The molecule has 4 heteroatoms. The van der Waals surface area contributed by atoms with Crippen LogP contribution in [0.5, 0.6) is 0 Å². The fourth-order valence-electron chi connectivity index (χ4n) is 2.65. The van der Waals surface area contributed by atoms with E-state index in [1.165, 1.54) is 0 Å². The molecule has 1 amide bonds. The van der Waals surface area contributed by atoms with Crippen LogP contribution in [0.2, 0.25) is 0 Å². The lowest BCUT2D eigenvalue weighted by atomic mass is 10.00. The highest BCUT2D eigenvalue weighted by Gasteiger charge is 2.21. The minimum Gasteiger partial charge on any atom is -0.466 e. The van der Waals surface area contributed by atoms with E-state index in [1.807, 2.05) is 18.2 Å². The molecule has 3 rings (SSSR count). The van der Waals surface area contributed by atoms with Gasteiger partial charge in [-0.25, -0.2) is 0 Å². The van der Waals surface area contributed by atoms with Gasteiger partial charge in [0.25, 0.3) is 0 Å². The molecule has 2 aromatic rings. The highest BCUT2D eigenvalue weighted by molar-refractivity contribution is 5.94. The first-order valence-electron chi connectivity index (χ1n) is 6.77. The first-order chi connectivity index (χ1) is 9.66. The van der Waals surface area contributed by atoms with E-state index in [2.05, 4.69) is 0 Å². The van der Waals surface area contributed by atoms with Crippen LogP contribution >= 0.6 is 0 Å². The van der Waals surface area contributed by atoms with E-state index >= 15 is 0 Å². The number of nitrogens with zero attached hydrogens (tertiary/aromatic N) is 1. The van der Waals surface area contributed by atoms with Crippen molar-refractivity contribution in [1.82, 2.24) is 0 Å². The normalized spacial score (nSPS) is 16.7. The Labute approximate surface area is 117 Å². The number of hydrogen-bond donors (Lipinski definition) is 1. The van der Waals surface area contributed by atoms with Gasteiger partial charge in [0, 0.05) is 19.2 Å². The van der Waals surface area contributed by atoms with Gasteiger partial charge in [0.15, 0.2) is 0 Å². The predicted octanol–water partition coefficient (Wildman–Crippen LogP) is 2.66. The number of rotatable bonds is 2. The Morgan fingerprint density at radius 2 is 2.15 bits per heavy atom. The molecule has 1 N–H and O–H groups in total. The average molecular weight is 271 g/mol. The molecule has 1 aromatic carbocycles. The lowest BCUT2D eigenvalue weighted by Crippen LogP contribution is -2.25. The summed E-state index contributed by atoms with van der Waals surface area (Å²) in [4.78, 5) is 13.5. The number of anilines is 1. The Morgan fingerprint density at radius 3 is 2.90 bits per heavy atom. The van der Waals surface area contributed by atoms with Gasteiger partial charge in [0.05, 0.1) is 6.26 Å². The Balaban J connectivity index is 1.97. The van der Waals surface area contributed by atoms with Gasteiger partial charge in [0.2, 0.25) is 5.91 Å². The van der Waals surface area contributed by atoms with Crippen molar-refractivity contribution in [1.29, 1.82) is 0 Å².